The van der Waals surface area contributed by atoms with Crippen LogP contribution in [0.4, 0.5) is 0 Å². The summed E-state index contributed by atoms with van der Waals surface area (Å²) in [5.74, 6) is -3.48. The molecule has 0 aliphatic carbocycles. The number of carboxylic acid groups (broad SMARTS) is 2. The van der Waals surface area contributed by atoms with E-state index < -0.39 is 39.5 Å². The first kappa shape index (κ1) is 28.6. The van der Waals surface area contributed by atoms with Gasteiger partial charge in [0.1, 0.15) is 0 Å². The van der Waals surface area contributed by atoms with Gasteiger partial charge in [-0.2, -0.15) is 0 Å². The van der Waals surface area contributed by atoms with Gasteiger partial charge in [-0.3, -0.25) is 9.13 Å². The van der Waals surface area contributed by atoms with Crippen LogP contribution in [-0.4, -0.2) is 43.8 Å². The minimum atomic E-state index is -4.38. The van der Waals surface area contributed by atoms with Crippen molar-refractivity contribution in [2.24, 2.45) is 0 Å². The SMILES string of the molecule is O=C([O-])CP(=O)(O)O.O=C([O-])CP(=O)(O)O.[K+].[K+]. The van der Waals surface area contributed by atoms with Crippen LogP contribution in [0.5, 0.6) is 0 Å². The van der Waals surface area contributed by atoms with Gasteiger partial charge in [0.05, 0.1) is 24.3 Å². The first-order chi connectivity index (χ1) is 6.83. The second kappa shape index (κ2) is 13.2. The van der Waals surface area contributed by atoms with E-state index in [0.717, 1.165) is 0 Å². The van der Waals surface area contributed by atoms with Gasteiger partial charge in [0, 0.05) is 0 Å². The summed E-state index contributed by atoms with van der Waals surface area (Å²) in [5, 5.41) is 18.8. The predicted octanol–water partition coefficient (Wildman–Crippen LogP) is -10.2. The Morgan fingerprint density at radius 2 is 0.944 bits per heavy atom. The summed E-state index contributed by atoms with van der Waals surface area (Å²) >= 11 is 0. The zero-order valence-electron chi connectivity index (χ0n) is 9.55. The number of carbonyl (C=O) groups is 2. The molecular formula is C4H8K2O10P2. The maximum atomic E-state index is 9.72. The van der Waals surface area contributed by atoms with Gasteiger partial charge in [-0.05, 0) is 0 Å². The Balaban J connectivity index is -0.0000000980. The third kappa shape index (κ3) is 36.3. The van der Waals surface area contributed by atoms with Gasteiger partial charge in [0.25, 0.3) is 0 Å². The van der Waals surface area contributed by atoms with Crippen molar-refractivity contribution in [1.29, 1.82) is 0 Å². The van der Waals surface area contributed by atoms with Crippen LogP contribution in [0.1, 0.15) is 0 Å². The van der Waals surface area contributed by atoms with Crippen LogP contribution >= 0.6 is 15.2 Å². The second-order valence-corrected chi connectivity index (χ2v) is 5.68. The maximum absolute atomic E-state index is 9.72. The van der Waals surface area contributed by atoms with Crippen LogP contribution < -0.4 is 113 Å². The molecule has 10 nitrogen and oxygen atoms in total. The van der Waals surface area contributed by atoms with Crippen LogP contribution in [-0.2, 0) is 18.7 Å². The van der Waals surface area contributed by atoms with Crippen molar-refractivity contribution in [2.75, 3.05) is 12.3 Å². The van der Waals surface area contributed by atoms with Crippen LogP contribution in [0.2, 0.25) is 0 Å². The molecule has 0 aliphatic rings. The van der Waals surface area contributed by atoms with Gasteiger partial charge < -0.3 is 39.4 Å². The monoisotopic (exact) mass is 356 g/mol. The molecule has 0 fully saturated rings. The third-order valence-electron chi connectivity index (χ3n) is 0.670. The molecule has 0 aromatic heterocycles. The third-order valence-corrected chi connectivity index (χ3v) is 2.01. The normalized spacial score (nSPS) is 10.0. The molecule has 0 unspecified atom stereocenters. The number of carbonyl (C=O) groups excluding carboxylic acids is 2. The van der Waals surface area contributed by atoms with Crippen molar-refractivity contribution < 1.29 is 151 Å². The predicted molar refractivity (Wildman–Crippen MR) is 43.8 cm³/mol. The summed E-state index contributed by atoms with van der Waals surface area (Å²) in [4.78, 5) is 50.3. The molecule has 0 atom stereocenters. The number of hydrogen-bond acceptors (Lipinski definition) is 6. The second-order valence-electron chi connectivity index (χ2n) is 2.39. The van der Waals surface area contributed by atoms with E-state index in [9.17, 15) is 28.9 Å². The first-order valence-electron chi connectivity index (χ1n) is 3.32. The van der Waals surface area contributed by atoms with Gasteiger partial charge in [-0.15, -0.1) is 0 Å². The standard InChI is InChI=1S/2C2H5O5P.2K/c2*3-2(4)1-8(5,6)7;;/h2*1H2,(H,3,4)(H2,5,6,7);;/q;;2*+1/p-2. The van der Waals surface area contributed by atoms with Gasteiger partial charge in [0.2, 0.25) is 0 Å². The van der Waals surface area contributed by atoms with Crippen molar-refractivity contribution in [3.8, 4) is 0 Å². The average Bonchev–Trinajstić information content (AvgIpc) is 1.72. The van der Waals surface area contributed by atoms with E-state index in [1.807, 2.05) is 0 Å². The Hall–Kier alpha value is 2.51. The molecule has 0 saturated heterocycles. The molecule has 0 aromatic rings. The number of aliphatic carboxylic acids is 2. The zero-order valence-corrected chi connectivity index (χ0v) is 17.6. The summed E-state index contributed by atoms with van der Waals surface area (Å²) in [6.07, 6.45) is -2.40. The molecule has 14 heteroatoms. The number of hydrogen-bond donors (Lipinski definition) is 4. The smallest absolute Gasteiger partial charge is 0.549 e. The minimum absolute atomic E-state index is 0. The Labute approximate surface area is 187 Å². The molecule has 0 aromatic carbocycles. The van der Waals surface area contributed by atoms with Crippen molar-refractivity contribution in [2.45, 2.75) is 0 Å². The molecule has 18 heavy (non-hydrogen) atoms. The van der Waals surface area contributed by atoms with Crippen LogP contribution in [0.25, 0.3) is 0 Å². The van der Waals surface area contributed by atoms with Gasteiger partial charge in [-0.1, -0.05) is 0 Å². The summed E-state index contributed by atoms with van der Waals surface area (Å²) in [7, 11) is -8.77. The molecular weight excluding hydrogens is 348 g/mol. The molecule has 0 bridgehead atoms. The molecule has 0 rings (SSSR count). The van der Waals surface area contributed by atoms with Crippen molar-refractivity contribution >= 4 is 27.1 Å². The summed E-state index contributed by atoms with van der Waals surface area (Å²) in [6.45, 7) is 0. The van der Waals surface area contributed by atoms with Crippen LogP contribution in [0, 0.1) is 0 Å². The summed E-state index contributed by atoms with van der Waals surface area (Å²) in [5.41, 5.74) is 0. The van der Waals surface area contributed by atoms with Crippen molar-refractivity contribution in [1.82, 2.24) is 0 Å². The molecule has 0 amide bonds. The molecule has 0 saturated carbocycles. The Kier molecular flexibility index (Phi) is 21.0. The molecule has 0 spiro atoms. The first-order valence-corrected chi connectivity index (χ1v) is 6.92. The molecule has 0 radical (unpaired) electrons. The van der Waals surface area contributed by atoms with E-state index in [1.54, 1.807) is 0 Å². The fourth-order valence-electron chi connectivity index (χ4n) is 0.336. The summed E-state index contributed by atoms with van der Waals surface area (Å²) < 4.78 is 19.4. The molecule has 4 N–H and O–H groups in total. The Morgan fingerprint density at radius 1 is 0.778 bits per heavy atom. The van der Waals surface area contributed by atoms with Crippen molar-refractivity contribution in [3.63, 3.8) is 0 Å². The quantitative estimate of drug-likeness (QED) is 0.277. The van der Waals surface area contributed by atoms with Gasteiger partial charge in [0.15, 0.2) is 0 Å². The molecule has 0 aliphatic heterocycles. The van der Waals surface area contributed by atoms with E-state index in [1.165, 1.54) is 0 Å². The Bertz CT molecular complexity index is 310. The van der Waals surface area contributed by atoms with E-state index >= 15 is 0 Å². The number of rotatable bonds is 4. The summed E-state index contributed by atoms with van der Waals surface area (Å²) in [6, 6.07) is 0. The van der Waals surface area contributed by atoms with Crippen LogP contribution in [0.3, 0.4) is 0 Å². The zero-order chi connectivity index (χ0) is 13.6. The Morgan fingerprint density at radius 3 is 0.944 bits per heavy atom. The fraction of sp³-hybridized carbons (Fsp3) is 0.500. The van der Waals surface area contributed by atoms with Crippen LogP contribution in [0.15, 0.2) is 0 Å². The van der Waals surface area contributed by atoms with E-state index in [4.69, 9.17) is 19.6 Å². The molecule has 96 valence electrons. The minimum Gasteiger partial charge on any atom is -0.549 e. The van der Waals surface area contributed by atoms with E-state index in [2.05, 4.69) is 0 Å². The van der Waals surface area contributed by atoms with E-state index in [-0.39, 0.29) is 103 Å². The number of carboxylic acids is 2. The maximum Gasteiger partial charge on any atom is 1.00 e. The van der Waals surface area contributed by atoms with Crippen molar-refractivity contribution in [3.05, 3.63) is 0 Å². The molecule has 0 heterocycles. The average molecular weight is 356 g/mol. The van der Waals surface area contributed by atoms with E-state index in [0.29, 0.717) is 0 Å². The van der Waals surface area contributed by atoms with Gasteiger partial charge in [-0.25, -0.2) is 0 Å². The topological polar surface area (TPSA) is 195 Å². The van der Waals surface area contributed by atoms with Gasteiger partial charge >= 0.3 is 118 Å². The fourth-order valence-corrected chi connectivity index (χ4v) is 1.01. The largest absolute Gasteiger partial charge is 1.00 e.